The number of aryl methyl sites for hydroxylation is 1. The Bertz CT molecular complexity index is 408. The van der Waals surface area contributed by atoms with Crippen LogP contribution in [-0.4, -0.2) is 27.7 Å². The lowest BCUT2D eigenvalue weighted by atomic mass is 10.1. The van der Waals surface area contributed by atoms with E-state index in [1.807, 2.05) is 6.92 Å². The molecule has 0 aliphatic heterocycles. The third-order valence-corrected chi connectivity index (χ3v) is 3.13. The number of anilines is 2. The molecule has 1 atom stereocenters. The average Bonchev–Trinajstić information content (AvgIpc) is 2.38. The van der Waals surface area contributed by atoms with Crippen LogP contribution in [0.2, 0.25) is 0 Å². The zero-order valence-corrected chi connectivity index (χ0v) is 12.2. The second-order valence-electron chi connectivity index (χ2n) is 5.03. The van der Waals surface area contributed by atoms with Crippen LogP contribution in [-0.2, 0) is 6.42 Å². The van der Waals surface area contributed by atoms with Crippen molar-refractivity contribution in [2.75, 3.05) is 17.3 Å². The molecule has 0 fully saturated rings. The quantitative estimate of drug-likeness (QED) is 0.441. The molecule has 0 spiro atoms. The standard InChI is InChI=1S/C13H25N5O/c1-5-6-11-16-12(9(4)13(17-11)18-14)15-10(7-19)8(2)3/h8,10,19H,5-7,14H2,1-4H3,(H2,15,16,17,18). The SMILES string of the molecule is CCCc1nc(NN)c(C)c(NC(CO)C(C)C)n1. The maximum absolute atomic E-state index is 9.40. The Balaban J connectivity index is 3.06. The van der Waals surface area contributed by atoms with E-state index in [-0.39, 0.29) is 12.6 Å². The first kappa shape index (κ1) is 15.7. The van der Waals surface area contributed by atoms with Gasteiger partial charge in [-0.2, -0.15) is 0 Å². The highest BCUT2D eigenvalue weighted by Crippen LogP contribution is 2.21. The van der Waals surface area contributed by atoms with Gasteiger partial charge in [0.25, 0.3) is 0 Å². The molecular weight excluding hydrogens is 242 g/mol. The summed E-state index contributed by atoms with van der Waals surface area (Å²) in [5.74, 6) is 7.91. The molecule has 0 amide bonds. The van der Waals surface area contributed by atoms with Gasteiger partial charge < -0.3 is 15.8 Å². The van der Waals surface area contributed by atoms with E-state index in [1.54, 1.807) is 0 Å². The summed E-state index contributed by atoms with van der Waals surface area (Å²) in [6.45, 7) is 8.16. The number of nitrogens with one attached hydrogen (secondary N) is 2. The maximum Gasteiger partial charge on any atom is 0.148 e. The molecule has 0 aromatic carbocycles. The molecule has 6 nitrogen and oxygen atoms in total. The first-order valence-corrected chi connectivity index (χ1v) is 6.74. The smallest absolute Gasteiger partial charge is 0.148 e. The zero-order chi connectivity index (χ0) is 14.4. The highest BCUT2D eigenvalue weighted by molar-refractivity contribution is 5.57. The predicted molar refractivity (Wildman–Crippen MR) is 77.9 cm³/mol. The van der Waals surface area contributed by atoms with Crippen molar-refractivity contribution in [3.63, 3.8) is 0 Å². The van der Waals surface area contributed by atoms with Crippen LogP contribution in [0, 0.1) is 12.8 Å². The molecule has 108 valence electrons. The lowest BCUT2D eigenvalue weighted by Crippen LogP contribution is -2.30. The summed E-state index contributed by atoms with van der Waals surface area (Å²) in [7, 11) is 0. The second-order valence-corrected chi connectivity index (χ2v) is 5.03. The number of hydrazine groups is 1. The van der Waals surface area contributed by atoms with E-state index in [9.17, 15) is 5.11 Å². The molecule has 0 aliphatic rings. The number of hydrogen-bond acceptors (Lipinski definition) is 6. The Morgan fingerprint density at radius 2 is 1.89 bits per heavy atom. The first-order valence-electron chi connectivity index (χ1n) is 6.74. The fraction of sp³-hybridized carbons (Fsp3) is 0.692. The van der Waals surface area contributed by atoms with Gasteiger partial charge in [-0.25, -0.2) is 15.8 Å². The van der Waals surface area contributed by atoms with Crippen LogP contribution in [0.25, 0.3) is 0 Å². The normalized spacial score (nSPS) is 12.6. The Morgan fingerprint density at radius 1 is 1.26 bits per heavy atom. The van der Waals surface area contributed by atoms with Gasteiger partial charge in [-0.1, -0.05) is 20.8 Å². The third-order valence-electron chi connectivity index (χ3n) is 3.13. The van der Waals surface area contributed by atoms with Crippen molar-refractivity contribution in [1.82, 2.24) is 9.97 Å². The highest BCUT2D eigenvalue weighted by atomic mass is 16.3. The fourth-order valence-electron chi connectivity index (χ4n) is 1.78. The first-order chi connectivity index (χ1) is 9.03. The summed E-state index contributed by atoms with van der Waals surface area (Å²) >= 11 is 0. The van der Waals surface area contributed by atoms with Crippen LogP contribution in [0.5, 0.6) is 0 Å². The summed E-state index contributed by atoms with van der Waals surface area (Å²) in [5.41, 5.74) is 3.46. The van der Waals surface area contributed by atoms with Crippen molar-refractivity contribution in [2.24, 2.45) is 11.8 Å². The van der Waals surface area contributed by atoms with E-state index in [1.165, 1.54) is 0 Å². The Hall–Kier alpha value is -1.40. The topological polar surface area (TPSA) is 96.1 Å². The van der Waals surface area contributed by atoms with Crippen molar-refractivity contribution < 1.29 is 5.11 Å². The number of aliphatic hydroxyl groups excluding tert-OH is 1. The van der Waals surface area contributed by atoms with Gasteiger partial charge in [0.15, 0.2) is 0 Å². The molecule has 0 aliphatic carbocycles. The van der Waals surface area contributed by atoms with Crippen LogP contribution >= 0.6 is 0 Å². The summed E-state index contributed by atoms with van der Waals surface area (Å²) in [5, 5.41) is 12.7. The molecule has 1 aromatic rings. The van der Waals surface area contributed by atoms with E-state index in [0.717, 1.165) is 30.0 Å². The van der Waals surface area contributed by atoms with Gasteiger partial charge in [-0.05, 0) is 19.3 Å². The highest BCUT2D eigenvalue weighted by Gasteiger charge is 2.16. The van der Waals surface area contributed by atoms with Crippen molar-refractivity contribution in [1.29, 1.82) is 0 Å². The number of nitrogen functional groups attached to an aromatic ring is 1. The average molecular weight is 267 g/mol. The summed E-state index contributed by atoms with van der Waals surface area (Å²) in [6, 6.07) is -0.0336. The Labute approximate surface area is 114 Å². The van der Waals surface area contributed by atoms with Crippen molar-refractivity contribution in [3.8, 4) is 0 Å². The summed E-state index contributed by atoms with van der Waals surface area (Å²) in [4.78, 5) is 8.88. The van der Waals surface area contributed by atoms with E-state index in [0.29, 0.717) is 11.7 Å². The van der Waals surface area contributed by atoms with E-state index in [2.05, 4.69) is 41.5 Å². The molecule has 0 saturated heterocycles. The summed E-state index contributed by atoms with van der Waals surface area (Å²) < 4.78 is 0. The molecule has 1 aromatic heterocycles. The van der Waals surface area contributed by atoms with E-state index < -0.39 is 0 Å². The van der Waals surface area contributed by atoms with Gasteiger partial charge >= 0.3 is 0 Å². The molecule has 1 unspecified atom stereocenters. The number of hydrogen-bond donors (Lipinski definition) is 4. The van der Waals surface area contributed by atoms with E-state index in [4.69, 9.17) is 5.84 Å². The molecule has 0 radical (unpaired) electrons. The molecule has 5 N–H and O–H groups in total. The van der Waals surface area contributed by atoms with Gasteiger partial charge in [-0.3, -0.25) is 0 Å². The summed E-state index contributed by atoms with van der Waals surface area (Å²) in [6.07, 6.45) is 1.77. The molecule has 19 heavy (non-hydrogen) atoms. The van der Waals surface area contributed by atoms with Crippen molar-refractivity contribution >= 4 is 11.6 Å². The molecule has 1 heterocycles. The molecule has 1 rings (SSSR count). The number of rotatable bonds is 7. The molecule has 6 heteroatoms. The van der Waals surface area contributed by atoms with Gasteiger partial charge in [0.05, 0.1) is 12.6 Å². The maximum atomic E-state index is 9.40. The monoisotopic (exact) mass is 267 g/mol. The van der Waals surface area contributed by atoms with Gasteiger partial charge in [0.2, 0.25) is 0 Å². The van der Waals surface area contributed by atoms with Crippen LogP contribution in [0.4, 0.5) is 11.6 Å². The van der Waals surface area contributed by atoms with Crippen molar-refractivity contribution in [3.05, 3.63) is 11.4 Å². The molecular formula is C13H25N5O. The largest absolute Gasteiger partial charge is 0.394 e. The van der Waals surface area contributed by atoms with Gasteiger partial charge in [0.1, 0.15) is 17.5 Å². The lowest BCUT2D eigenvalue weighted by Gasteiger charge is -2.22. The van der Waals surface area contributed by atoms with Crippen LogP contribution in [0.3, 0.4) is 0 Å². The third kappa shape index (κ3) is 4.04. The molecule has 0 saturated carbocycles. The van der Waals surface area contributed by atoms with Crippen LogP contribution in [0.15, 0.2) is 0 Å². The second kappa shape index (κ2) is 7.25. The minimum Gasteiger partial charge on any atom is -0.394 e. The number of aliphatic hydroxyl groups is 1. The fourth-order valence-corrected chi connectivity index (χ4v) is 1.78. The Kier molecular flexibility index (Phi) is 5.98. The molecule has 0 bridgehead atoms. The van der Waals surface area contributed by atoms with Crippen molar-refractivity contribution in [2.45, 2.75) is 46.6 Å². The minimum atomic E-state index is -0.0336. The van der Waals surface area contributed by atoms with Crippen LogP contribution in [0.1, 0.15) is 38.6 Å². The minimum absolute atomic E-state index is 0.0336. The number of nitrogens with zero attached hydrogens (tertiary/aromatic N) is 2. The lowest BCUT2D eigenvalue weighted by molar-refractivity contribution is 0.249. The zero-order valence-electron chi connectivity index (χ0n) is 12.2. The van der Waals surface area contributed by atoms with Gasteiger partial charge in [-0.15, -0.1) is 0 Å². The van der Waals surface area contributed by atoms with Gasteiger partial charge in [0, 0.05) is 12.0 Å². The van der Waals surface area contributed by atoms with Crippen LogP contribution < -0.4 is 16.6 Å². The number of nitrogens with two attached hydrogens (primary N) is 1. The van der Waals surface area contributed by atoms with E-state index >= 15 is 0 Å². The number of aromatic nitrogens is 2. The predicted octanol–water partition coefficient (Wildman–Crippen LogP) is 1.45. The Morgan fingerprint density at radius 3 is 2.37 bits per heavy atom.